The Balaban J connectivity index is 1.79. The van der Waals surface area contributed by atoms with E-state index in [0.29, 0.717) is 21.6 Å². The molecule has 0 aliphatic rings. The Morgan fingerprint density at radius 3 is 2.58 bits per heavy atom. The number of amides is 2. The number of nitrogens with one attached hydrogen (secondary N) is 2. The Morgan fingerprint density at radius 2 is 1.88 bits per heavy atom. The SMILES string of the molecule is CC(=O)Nc1cccc(NC(=O)Cn2cnc3sc(C)c(C)c3c2=O)c1. The van der Waals surface area contributed by atoms with Crippen molar-refractivity contribution in [3.8, 4) is 0 Å². The number of nitrogens with zero attached hydrogens (tertiary/aromatic N) is 2. The van der Waals surface area contributed by atoms with Gasteiger partial charge in [-0.2, -0.15) is 0 Å². The Bertz CT molecular complexity index is 1070. The highest BCUT2D eigenvalue weighted by Gasteiger charge is 2.14. The van der Waals surface area contributed by atoms with Crippen LogP contribution in [0.2, 0.25) is 0 Å². The minimum Gasteiger partial charge on any atom is -0.326 e. The lowest BCUT2D eigenvalue weighted by Gasteiger charge is -2.09. The molecule has 8 heteroatoms. The smallest absolute Gasteiger partial charge is 0.262 e. The van der Waals surface area contributed by atoms with Gasteiger partial charge in [-0.25, -0.2) is 4.98 Å². The normalized spacial score (nSPS) is 10.7. The predicted octanol–water partition coefficient (Wildman–Crippen LogP) is 2.67. The summed E-state index contributed by atoms with van der Waals surface area (Å²) in [4.78, 5) is 42.1. The molecular weight excluding hydrogens is 352 g/mol. The molecule has 2 N–H and O–H groups in total. The lowest BCUT2D eigenvalue weighted by molar-refractivity contribution is -0.117. The molecule has 0 radical (unpaired) electrons. The van der Waals surface area contributed by atoms with Crippen molar-refractivity contribution in [2.75, 3.05) is 10.6 Å². The van der Waals surface area contributed by atoms with Gasteiger partial charge in [-0.3, -0.25) is 19.0 Å². The fourth-order valence-corrected chi connectivity index (χ4v) is 3.60. The van der Waals surface area contributed by atoms with Crippen molar-refractivity contribution in [2.24, 2.45) is 0 Å². The summed E-state index contributed by atoms with van der Waals surface area (Å²) in [7, 11) is 0. The molecule has 0 aliphatic heterocycles. The van der Waals surface area contributed by atoms with Crippen LogP contribution >= 0.6 is 11.3 Å². The maximum atomic E-state index is 12.6. The molecule has 3 rings (SSSR count). The number of anilines is 2. The Labute approximate surface area is 153 Å². The van der Waals surface area contributed by atoms with Gasteiger partial charge in [-0.1, -0.05) is 6.07 Å². The van der Waals surface area contributed by atoms with E-state index in [0.717, 1.165) is 10.4 Å². The van der Waals surface area contributed by atoms with Crippen LogP contribution in [-0.2, 0) is 16.1 Å². The number of benzene rings is 1. The fraction of sp³-hybridized carbons (Fsp3) is 0.222. The average molecular weight is 370 g/mol. The van der Waals surface area contributed by atoms with Gasteiger partial charge in [0.15, 0.2) is 0 Å². The topological polar surface area (TPSA) is 93.1 Å². The molecule has 2 amide bonds. The van der Waals surface area contributed by atoms with Crippen molar-refractivity contribution in [1.82, 2.24) is 9.55 Å². The minimum absolute atomic E-state index is 0.138. The third-order valence-corrected chi connectivity index (χ3v) is 5.05. The summed E-state index contributed by atoms with van der Waals surface area (Å²) >= 11 is 1.47. The largest absolute Gasteiger partial charge is 0.326 e. The lowest BCUT2D eigenvalue weighted by Crippen LogP contribution is -2.27. The fourth-order valence-electron chi connectivity index (χ4n) is 2.62. The van der Waals surface area contributed by atoms with E-state index < -0.39 is 0 Å². The van der Waals surface area contributed by atoms with Gasteiger partial charge in [-0.15, -0.1) is 11.3 Å². The molecule has 7 nitrogen and oxygen atoms in total. The van der Waals surface area contributed by atoms with Crippen molar-refractivity contribution in [2.45, 2.75) is 27.3 Å². The first kappa shape index (κ1) is 17.8. The number of carbonyl (C=O) groups is 2. The molecule has 0 spiro atoms. The van der Waals surface area contributed by atoms with E-state index in [9.17, 15) is 14.4 Å². The summed E-state index contributed by atoms with van der Waals surface area (Å²) in [6.07, 6.45) is 1.40. The highest BCUT2D eigenvalue weighted by atomic mass is 32.1. The van der Waals surface area contributed by atoms with Crippen molar-refractivity contribution in [1.29, 1.82) is 0 Å². The summed E-state index contributed by atoms with van der Waals surface area (Å²) in [5.74, 6) is -0.543. The number of rotatable bonds is 4. The second-order valence-electron chi connectivity index (χ2n) is 5.95. The van der Waals surface area contributed by atoms with Gasteiger partial charge < -0.3 is 10.6 Å². The van der Waals surface area contributed by atoms with E-state index in [4.69, 9.17) is 0 Å². The van der Waals surface area contributed by atoms with Crippen LogP contribution < -0.4 is 16.2 Å². The van der Waals surface area contributed by atoms with Gasteiger partial charge in [0.2, 0.25) is 11.8 Å². The van der Waals surface area contributed by atoms with Crippen LogP contribution in [0, 0.1) is 13.8 Å². The van der Waals surface area contributed by atoms with Crippen LogP contribution in [0.4, 0.5) is 11.4 Å². The van der Waals surface area contributed by atoms with Crippen molar-refractivity contribution in [3.63, 3.8) is 0 Å². The number of fused-ring (bicyclic) bond motifs is 1. The molecule has 3 aromatic rings. The van der Waals surface area contributed by atoms with E-state index in [2.05, 4.69) is 15.6 Å². The van der Waals surface area contributed by atoms with Crippen LogP contribution in [0.5, 0.6) is 0 Å². The minimum atomic E-state index is -0.349. The van der Waals surface area contributed by atoms with E-state index in [1.807, 2.05) is 13.8 Å². The molecule has 0 aliphatic carbocycles. The summed E-state index contributed by atoms with van der Waals surface area (Å²) in [6, 6.07) is 6.80. The van der Waals surface area contributed by atoms with Crippen LogP contribution in [0.1, 0.15) is 17.4 Å². The maximum Gasteiger partial charge on any atom is 0.262 e. The summed E-state index contributed by atoms with van der Waals surface area (Å²) in [5.41, 5.74) is 1.80. The Hall–Kier alpha value is -3.00. The average Bonchev–Trinajstić information content (AvgIpc) is 2.85. The molecule has 26 heavy (non-hydrogen) atoms. The van der Waals surface area contributed by atoms with Crippen LogP contribution in [0.3, 0.4) is 0 Å². The van der Waals surface area contributed by atoms with Crippen LogP contribution in [0.25, 0.3) is 10.2 Å². The monoisotopic (exact) mass is 370 g/mol. The third kappa shape index (κ3) is 3.65. The van der Waals surface area contributed by atoms with E-state index in [1.165, 1.54) is 29.2 Å². The molecule has 0 atom stereocenters. The predicted molar refractivity (Wildman–Crippen MR) is 103 cm³/mol. The van der Waals surface area contributed by atoms with E-state index >= 15 is 0 Å². The number of hydrogen-bond acceptors (Lipinski definition) is 5. The van der Waals surface area contributed by atoms with Crippen molar-refractivity contribution >= 4 is 44.7 Å². The molecule has 0 saturated heterocycles. The maximum absolute atomic E-state index is 12.6. The molecule has 0 saturated carbocycles. The molecule has 0 bridgehead atoms. The number of thiophene rings is 1. The first-order valence-electron chi connectivity index (χ1n) is 7.98. The zero-order valence-electron chi connectivity index (χ0n) is 14.6. The van der Waals surface area contributed by atoms with Gasteiger partial charge in [0.05, 0.1) is 11.7 Å². The van der Waals surface area contributed by atoms with Gasteiger partial charge in [0.1, 0.15) is 11.4 Å². The van der Waals surface area contributed by atoms with E-state index in [-0.39, 0.29) is 23.9 Å². The van der Waals surface area contributed by atoms with Gasteiger partial charge in [0.25, 0.3) is 5.56 Å². The number of aryl methyl sites for hydroxylation is 2. The van der Waals surface area contributed by atoms with Crippen molar-refractivity contribution < 1.29 is 9.59 Å². The standard InChI is InChI=1S/C18H18N4O3S/c1-10-11(2)26-17-16(10)18(25)22(9-19-17)8-15(24)21-14-6-4-5-13(7-14)20-12(3)23/h4-7,9H,8H2,1-3H3,(H,20,23)(H,21,24). The third-order valence-electron chi connectivity index (χ3n) is 3.94. The number of aromatic nitrogens is 2. The molecule has 134 valence electrons. The van der Waals surface area contributed by atoms with E-state index in [1.54, 1.807) is 24.3 Å². The van der Waals surface area contributed by atoms with Gasteiger partial charge >= 0.3 is 0 Å². The molecular formula is C18H18N4O3S. The molecule has 1 aromatic carbocycles. The number of carbonyl (C=O) groups excluding carboxylic acids is 2. The summed E-state index contributed by atoms with van der Waals surface area (Å²) < 4.78 is 1.30. The lowest BCUT2D eigenvalue weighted by atomic mass is 10.2. The molecule has 0 unspecified atom stereocenters. The van der Waals surface area contributed by atoms with Crippen LogP contribution in [-0.4, -0.2) is 21.4 Å². The zero-order chi connectivity index (χ0) is 18.8. The first-order chi connectivity index (χ1) is 12.3. The van der Waals surface area contributed by atoms with Crippen molar-refractivity contribution in [3.05, 3.63) is 51.4 Å². The van der Waals surface area contributed by atoms with Gasteiger partial charge in [0, 0.05) is 23.2 Å². The Morgan fingerprint density at radius 1 is 1.19 bits per heavy atom. The molecule has 2 aromatic heterocycles. The van der Waals surface area contributed by atoms with Gasteiger partial charge in [-0.05, 0) is 37.6 Å². The Kier molecular flexibility index (Phi) is 4.85. The quantitative estimate of drug-likeness (QED) is 0.738. The zero-order valence-corrected chi connectivity index (χ0v) is 15.4. The highest BCUT2D eigenvalue weighted by molar-refractivity contribution is 7.18. The summed E-state index contributed by atoms with van der Waals surface area (Å²) in [6.45, 7) is 5.10. The highest BCUT2D eigenvalue weighted by Crippen LogP contribution is 2.25. The number of hydrogen-bond donors (Lipinski definition) is 2. The second-order valence-corrected chi connectivity index (χ2v) is 7.15. The molecule has 2 heterocycles. The second kappa shape index (κ2) is 7.09. The summed E-state index contributed by atoms with van der Waals surface area (Å²) in [5, 5.41) is 5.94. The molecule has 0 fully saturated rings. The van der Waals surface area contributed by atoms with Crippen LogP contribution in [0.15, 0.2) is 35.4 Å². The first-order valence-corrected chi connectivity index (χ1v) is 8.79.